The van der Waals surface area contributed by atoms with Crippen LogP contribution in [0.25, 0.3) is 33.5 Å². The van der Waals surface area contributed by atoms with Gasteiger partial charge in [-0.15, -0.1) is 0 Å². The van der Waals surface area contributed by atoms with Crippen molar-refractivity contribution in [2.24, 2.45) is 0 Å². The van der Waals surface area contributed by atoms with Crippen LogP contribution in [0.2, 0.25) is 0 Å². The maximum absolute atomic E-state index is 6.04. The number of benzene rings is 2. The van der Waals surface area contributed by atoms with Crippen LogP contribution in [0, 0.1) is 0 Å². The summed E-state index contributed by atoms with van der Waals surface area (Å²) in [6, 6.07) is 12.7. The van der Waals surface area contributed by atoms with Crippen molar-refractivity contribution in [1.82, 2.24) is 25.1 Å². The summed E-state index contributed by atoms with van der Waals surface area (Å²) in [5, 5.41) is 8.67. The van der Waals surface area contributed by atoms with E-state index in [1.54, 1.807) is 0 Å². The van der Waals surface area contributed by atoms with Crippen LogP contribution in [0.5, 0.6) is 5.75 Å². The van der Waals surface area contributed by atoms with Gasteiger partial charge in [-0.2, -0.15) is 5.10 Å². The Morgan fingerprint density at radius 1 is 1.18 bits per heavy atom. The molecular weight excluding hydrogens is 416 g/mol. The quantitative estimate of drug-likeness (QED) is 0.463. The molecule has 0 amide bonds. The van der Waals surface area contributed by atoms with Crippen molar-refractivity contribution in [2.45, 2.75) is 39.0 Å². The zero-order chi connectivity index (χ0) is 23.1. The summed E-state index contributed by atoms with van der Waals surface area (Å²) in [5.74, 6) is 1.58. The van der Waals surface area contributed by atoms with E-state index in [0.29, 0.717) is 6.04 Å². The second-order valence-electron chi connectivity index (χ2n) is 9.45. The monoisotopic (exact) mass is 448 g/mol. The topological polar surface area (TPSA) is 82.3 Å². The maximum atomic E-state index is 6.04. The molecule has 1 aliphatic heterocycles. The molecule has 33 heavy (non-hydrogen) atoms. The maximum Gasteiger partial charge on any atom is 0.159 e. The van der Waals surface area contributed by atoms with Crippen LogP contribution in [0.4, 0.5) is 5.69 Å². The van der Waals surface area contributed by atoms with Gasteiger partial charge in [-0.1, -0.05) is 0 Å². The second-order valence-corrected chi connectivity index (χ2v) is 9.45. The molecule has 3 heterocycles. The van der Waals surface area contributed by atoms with Crippen molar-refractivity contribution in [3.8, 4) is 17.3 Å². The number of rotatable bonds is 6. The lowest BCUT2D eigenvalue weighted by atomic mass is 10.1. The molecule has 2 N–H and O–H groups in total. The van der Waals surface area contributed by atoms with E-state index in [2.05, 4.69) is 64.2 Å². The zero-order valence-corrected chi connectivity index (χ0v) is 19.9. The molecule has 1 fully saturated rings. The average molecular weight is 449 g/mol. The number of likely N-dealkylation sites (N-methyl/N-ethyl adjacent to an activating group) is 1. The van der Waals surface area contributed by atoms with Crippen LogP contribution < -0.4 is 9.64 Å². The minimum Gasteiger partial charge on any atom is -0.491 e. The Labute approximate surface area is 193 Å². The van der Waals surface area contributed by atoms with Crippen molar-refractivity contribution >= 4 is 27.6 Å². The van der Waals surface area contributed by atoms with Gasteiger partial charge in [0.15, 0.2) is 5.82 Å². The number of aromatic amines is 2. The summed E-state index contributed by atoms with van der Waals surface area (Å²) in [6.07, 6.45) is 0.325. The lowest BCUT2D eigenvalue weighted by Crippen LogP contribution is -2.51. The molecule has 4 aromatic rings. The van der Waals surface area contributed by atoms with Crippen LogP contribution in [0.1, 0.15) is 20.8 Å². The number of imidazole rings is 1. The molecule has 8 nitrogen and oxygen atoms in total. The van der Waals surface area contributed by atoms with Gasteiger partial charge in [0.1, 0.15) is 11.4 Å². The Morgan fingerprint density at radius 2 is 2.03 bits per heavy atom. The fourth-order valence-corrected chi connectivity index (χ4v) is 4.51. The summed E-state index contributed by atoms with van der Waals surface area (Å²) in [6.45, 7) is 8.76. The molecule has 0 bridgehead atoms. The summed E-state index contributed by atoms with van der Waals surface area (Å²) in [4.78, 5) is 12.9. The molecule has 0 spiro atoms. The Morgan fingerprint density at radius 3 is 2.82 bits per heavy atom. The molecule has 0 saturated carbocycles. The average Bonchev–Trinajstić information content (AvgIpc) is 3.37. The van der Waals surface area contributed by atoms with Crippen LogP contribution in [-0.2, 0) is 4.74 Å². The van der Waals surface area contributed by atoms with Crippen molar-refractivity contribution in [2.75, 3.05) is 38.7 Å². The number of hydrogen-bond acceptors (Lipinski definition) is 6. The highest BCUT2D eigenvalue weighted by Crippen LogP contribution is 2.31. The predicted octanol–water partition coefficient (Wildman–Crippen LogP) is 4.05. The molecule has 1 aliphatic rings. The van der Waals surface area contributed by atoms with Gasteiger partial charge < -0.3 is 24.3 Å². The highest BCUT2D eigenvalue weighted by Gasteiger charge is 2.27. The highest BCUT2D eigenvalue weighted by molar-refractivity contribution is 5.94. The third-order valence-corrected chi connectivity index (χ3v) is 6.00. The number of anilines is 1. The smallest absolute Gasteiger partial charge is 0.159 e. The Hall–Kier alpha value is -3.10. The standard InChI is InChI=1S/C25H32N6O2/c1-15(2)33-18-7-8-20-22(11-18)28-29-24(20)25-26-21-9-6-17(10-23(21)27-25)31-13-19(12-30(4)5)32-14-16(31)3/h6-11,15-16,19H,12-14H2,1-5H3,(H,26,27)(H,28,29). The molecule has 2 aromatic heterocycles. The third-order valence-electron chi connectivity index (χ3n) is 6.00. The number of H-pyrrole nitrogens is 2. The van der Waals surface area contributed by atoms with Gasteiger partial charge in [0.2, 0.25) is 0 Å². The number of ether oxygens (including phenoxy) is 2. The molecule has 174 valence electrons. The Bertz CT molecular complexity index is 1260. The van der Waals surface area contributed by atoms with Gasteiger partial charge in [-0.3, -0.25) is 5.10 Å². The minimum atomic E-state index is 0.127. The fraction of sp³-hybridized carbons (Fsp3) is 0.440. The zero-order valence-electron chi connectivity index (χ0n) is 19.9. The van der Waals surface area contributed by atoms with E-state index in [0.717, 1.165) is 58.9 Å². The molecule has 8 heteroatoms. The first-order valence-electron chi connectivity index (χ1n) is 11.6. The van der Waals surface area contributed by atoms with E-state index >= 15 is 0 Å². The summed E-state index contributed by atoms with van der Waals surface area (Å²) in [5.41, 5.74) is 4.85. The first kappa shape index (κ1) is 21.7. The van der Waals surface area contributed by atoms with Gasteiger partial charge in [-0.05, 0) is 65.2 Å². The Balaban J connectivity index is 1.44. The van der Waals surface area contributed by atoms with E-state index < -0.39 is 0 Å². The number of nitrogens with one attached hydrogen (secondary N) is 2. The number of morpholine rings is 1. The van der Waals surface area contributed by atoms with Crippen LogP contribution in [-0.4, -0.2) is 77.1 Å². The molecule has 5 rings (SSSR count). The van der Waals surface area contributed by atoms with Crippen LogP contribution in [0.3, 0.4) is 0 Å². The van der Waals surface area contributed by atoms with E-state index in [4.69, 9.17) is 14.5 Å². The van der Waals surface area contributed by atoms with E-state index in [-0.39, 0.29) is 12.2 Å². The summed E-state index contributed by atoms with van der Waals surface area (Å²) in [7, 11) is 4.17. The highest BCUT2D eigenvalue weighted by atomic mass is 16.5. The van der Waals surface area contributed by atoms with E-state index in [9.17, 15) is 0 Å². The van der Waals surface area contributed by atoms with Gasteiger partial charge in [0.05, 0.1) is 35.4 Å². The van der Waals surface area contributed by atoms with Gasteiger partial charge >= 0.3 is 0 Å². The van der Waals surface area contributed by atoms with Gasteiger partial charge in [0, 0.05) is 36.3 Å². The van der Waals surface area contributed by atoms with Crippen LogP contribution in [0.15, 0.2) is 36.4 Å². The predicted molar refractivity (Wildman–Crippen MR) is 132 cm³/mol. The lowest BCUT2D eigenvalue weighted by Gasteiger charge is -2.40. The number of nitrogens with zero attached hydrogens (tertiary/aromatic N) is 4. The summed E-state index contributed by atoms with van der Waals surface area (Å²) < 4.78 is 11.8. The molecule has 2 unspecified atom stereocenters. The summed E-state index contributed by atoms with van der Waals surface area (Å²) >= 11 is 0. The Kier molecular flexibility index (Phi) is 5.72. The molecular formula is C25H32N6O2. The SMILES string of the molecule is CC(C)Oc1ccc2c(-c3nc4ccc(N5CC(CN(C)C)OCC5C)cc4[nH]3)n[nH]c2c1. The third kappa shape index (κ3) is 4.41. The van der Waals surface area contributed by atoms with Crippen molar-refractivity contribution < 1.29 is 9.47 Å². The number of fused-ring (bicyclic) bond motifs is 2. The lowest BCUT2D eigenvalue weighted by molar-refractivity contribution is 0.00880. The van der Waals surface area contributed by atoms with Gasteiger partial charge in [0.25, 0.3) is 0 Å². The number of hydrogen-bond donors (Lipinski definition) is 2. The molecule has 2 aromatic carbocycles. The van der Waals surface area contributed by atoms with Gasteiger partial charge in [-0.25, -0.2) is 4.98 Å². The molecule has 2 atom stereocenters. The van der Waals surface area contributed by atoms with Crippen molar-refractivity contribution in [3.05, 3.63) is 36.4 Å². The van der Waals surface area contributed by atoms with E-state index in [1.807, 2.05) is 32.0 Å². The minimum absolute atomic E-state index is 0.127. The first-order chi connectivity index (χ1) is 15.9. The molecule has 0 aliphatic carbocycles. The van der Waals surface area contributed by atoms with Crippen molar-refractivity contribution in [1.29, 1.82) is 0 Å². The van der Waals surface area contributed by atoms with Crippen molar-refractivity contribution in [3.63, 3.8) is 0 Å². The van der Waals surface area contributed by atoms with Crippen LogP contribution >= 0.6 is 0 Å². The first-order valence-corrected chi connectivity index (χ1v) is 11.6. The van der Waals surface area contributed by atoms with E-state index in [1.165, 1.54) is 5.69 Å². The largest absolute Gasteiger partial charge is 0.491 e. The second kappa shape index (κ2) is 8.68. The molecule has 0 radical (unpaired) electrons. The fourth-order valence-electron chi connectivity index (χ4n) is 4.51. The normalized spacial score (nSPS) is 19.3. The molecule has 1 saturated heterocycles. The number of aromatic nitrogens is 4.